The number of fused-ring (bicyclic) bond motifs is 1. The van der Waals surface area contributed by atoms with Gasteiger partial charge in [-0.1, -0.05) is 90.5 Å². The van der Waals surface area contributed by atoms with E-state index in [0.717, 1.165) is 48.1 Å². The van der Waals surface area contributed by atoms with Crippen molar-refractivity contribution in [3.05, 3.63) is 112 Å². The van der Waals surface area contributed by atoms with Crippen LogP contribution >= 0.6 is 11.8 Å². The fourth-order valence-electron chi connectivity index (χ4n) is 5.61. The first-order chi connectivity index (χ1) is 18.6. The van der Waals surface area contributed by atoms with Crippen molar-refractivity contribution < 1.29 is 9.59 Å². The Hall–Kier alpha value is -3.31. The summed E-state index contributed by atoms with van der Waals surface area (Å²) in [7, 11) is 0. The molecular weight excluding hydrogens is 488 g/mol. The predicted molar refractivity (Wildman–Crippen MR) is 156 cm³/mol. The third kappa shape index (κ3) is 6.57. The zero-order valence-electron chi connectivity index (χ0n) is 22.0. The van der Waals surface area contributed by atoms with Gasteiger partial charge in [-0.25, -0.2) is 0 Å². The molecule has 1 saturated heterocycles. The van der Waals surface area contributed by atoms with E-state index < -0.39 is 0 Å². The lowest BCUT2D eigenvalue weighted by molar-refractivity contribution is -0.133. The quantitative estimate of drug-likeness (QED) is 0.274. The summed E-state index contributed by atoms with van der Waals surface area (Å²) >= 11 is 1.71. The van der Waals surface area contributed by atoms with Gasteiger partial charge in [0.15, 0.2) is 0 Å². The van der Waals surface area contributed by atoms with E-state index in [-0.39, 0.29) is 23.8 Å². The monoisotopic (exact) mass is 524 g/mol. The zero-order chi connectivity index (χ0) is 26.3. The molecule has 3 aromatic rings. The molecule has 4 nitrogen and oxygen atoms in total. The Kier molecular flexibility index (Phi) is 8.65. The van der Waals surface area contributed by atoms with E-state index in [0.29, 0.717) is 18.3 Å². The number of carbonyl (C=O) groups is 2. The number of nitrogens with one attached hydrogen (secondary N) is 1. The molecule has 1 saturated carbocycles. The van der Waals surface area contributed by atoms with Crippen molar-refractivity contribution >= 4 is 29.7 Å². The number of hydrogen-bond donors (Lipinski definition) is 1. The number of hydrogen-bond acceptors (Lipinski definition) is 3. The lowest BCUT2D eigenvalue weighted by Gasteiger charge is -2.46. The van der Waals surface area contributed by atoms with Crippen LogP contribution in [0.1, 0.15) is 47.9 Å². The molecule has 0 bridgehead atoms. The molecule has 0 aromatic heterocycles. The molecule has 1 heterocycles. The second-order valence-corrected chi connectivity index (χ2v) is 11.7. The Morgan fingerprint density at radius 2 is 1.71 bits per heavy atom. The highest BCUT2D eigenvalue weighted by atomic mass is 32.2. The van der Waals surface area contributed by atoms with Gasteiger partial charge < -0.3 is 10.2 Å². The highest BCUT2D eigenvalue weighted by molar-refractivity contribution is 8.04. The van der Waals surface area contributed by atoms with Crippen LogP contribution in [-0.4, -0.2) is 34.6 Å². The van der Waals surface area contributed by atoms with Crippen LogP contribution in [-0.2, 0) is 22.6 Å². The summed E-state index contributed by atoms with van der Waals surface area (Å²) in [6.07, 6.45) is 6.43. The van der Waals surface area contributed by atoms with Gasteiger partial charge in [-0.3, -0.25) is 9.59 Å². The second-order valence-electron chi connectivity index (χ2n) is 10.5. The van der Waals surface area contributed by atoms with Crippen LogP contribution in [0.4, 0.5) is 0 Å². The van der Waals surface area contributed by atoms with Gasteiger partial charge in [0.1, 0.15) is 0 Å². The maximum absolute atomic E-state index is 13.8. The summed E-state index contributed by atoms with van der Waals surface area (Å²) in [5.41, 5.74) is 4.66. The Balaban J connectivity index is 1.28. The van der Waals surface area contributed by atoms with Crippen LogP contribution in [0.2, 0.25) is 0 Å². The lowest BCUT2D eigenvalue weighted by atomic mass is 9.83. The molecule has 5 heteroatoms. The fourth-order valence-corrected chi connectivity index (χ4v) is 7.03. The molecule has 0 radical (unpaired) electrons. The minimum absolute atomic E-state index is 0.0507. The van der Waals surface area contributed by atoms with Gasteiger partial charge in [-0.15, -0.1) is 11.8 Å². The van der Waals surface area contributed by atoms with Crippen LogP contribution in [0, 0.1) is 12.8 Å². The van der Waals surface area contributed by atoms with Gasteiger partial charge in [-0.2, -0.15) is 0 Å². The molecule has 3 atom stereocenters. The number of rotatable bonds is 8. The van der Waals surface area contributed by atoms with Crippen molar-refractivity contribution in [3.63, 3.8) is 0 Å². The smallest absolute Gasteiger partial charge is 0.260 e. The van der Waals surface area contributed by atoms with E-state index in [1.165, 1.54) is 11.1 Å². The number of benzene rings is 3. The predicted octanol–water partition coefficient (Wildman–Crippen LogP) is 6.40. The minimum Gasteiger partial charge on any atom is -0.356 e. The molecule has 2 amide bonds. The first-order valence-electron chi connectivity index (χ1n) is 13.7. The molecule has 1 N–H and O–H groups in total. The molecular formula is C33H36N2O2S. The molecule has 1 aliphatic heterocycles. The van der Waals surface area contributed by atoms with E-state index in [9.17, 15) is 9.59 Å². The van der Waals surface area contributed by atoms with Crippen LogP contribution in [0.3, 0.4) is 0 Å². The first-order valence-corrected chi connectivity index (χ1v) is 14.6. The van der Waals surface area contributed by atoms with Gasteiger partial charge >= 0.3 is 0 Å². The normalized spacial score (nSPS) is 22.2. The van der Waals surface area contributed by atoms with Crippen LogP contribution in [0.15, 0.2) is 89.8 Å². The van der Waals surface area contributed by atoms with Crippen LogP contribution in [0.25, 0.3) is 6.08 Å². The SMILES string of the molecule is Cc1cccc(CN2C(=O)/C(=C/c3ccccc3)SC3CCC(C(=O)NCCCc4ccccc4)CC32)c1. The molecule has 2 fully saturated rings. The molecule has 38 heavy (non-hydrogen) atoms. The van der Waals surface area contributed by atoms with Crippen molar-refractivity contribution in [2.45, 2.75) is 56.9 Å². The zero-order valence-corrected chi connectivity index (χ0v) is 22.8. The molecule has 5 rings (SSSR count). The van der Waals surface area contributed by atoms with E-state index >= 15 is 0 Å². The summed E-state index contributed by atoms with van der Waals surface area (Å²) < 4.78 is 0. The van der Waals surface area contributed by atoms with E-state index in [4.69, 9.17) is 0 Å². The molecule has 3 unspecified atom stereocenters. The Bertz CT molecular complexity index is 1270. The largest absolute Gasteiger partial charge is 0.356 e. The average molecular weight is 525 g/mol. The number of thioether (sulfide) groups is 1. The number of aryl methyl sites for hydroxylation is 2. The second kappa shape index (κ2) is 12.5. The van der Waals surface area contributed by atoms with Gasteiger partial charge in [0.05, 0.1) is 4.91 Å². The van der Waals surface area contributed by atoms with Crippen molar-refractivity contribution in [3.8, 4) is 0 Å². The standard InChI is InChI=1S/C33H36N2O2S/c1-24-10-8-15-27(20-24)23-35-29-22-28(32(36)34-19-9-16-25-11-4-2-5-12-25)17-18-30(29)38-31(33(35)37)21-26-13-6-3-7-14-26/h2-8,10-15,20-21,28-30H,9,16-19,22-23H2,1H3,(H,34,36)/b31-21-. The van der Waals surface area contributed by atoms with Crippen LogP contribution in [0.5, 0.6) is 0 Å². The lowest BCUT2D eigenvalue weighted by Crippen LogP contribution is -2.53. The van der Waals surface area contributed by atoms with Crippen molar-refractivity contribution in [2.75, 3.05) is 6.54 Å². The Morgan fingerprint density at radius 1 is 0.974 bits per heavy atom. The molecule has 1 aliphatic carbocycles. The van der Waals surface area contributed by atoms with Crippen molar-refractivity contribution in [1.29, 1.82) is 0 Å². The fraction of sp³-hybridized carbons (Fsp3) is 0.333. The summed E-state index contributed by atoms with van der Waals surface area (Å²) in [5.74, 6) is 0.154. The summed E-state index contributed by atoms with van der Waals surface area (Å²) in [4.78, 5) is 29.8. The first kappa shape index (κ1) is 26.3. The van der Waals surface area contributed by atoms with E-state index in [1.54, 1.807) is 11.8 Å². The third-order valence-electron chi connectivity index (χ3n) is 7.59. The van der Waals surface area contributed by atoms with Crippen LogP contribution < -0.4 is 5.32 Å². The summed E-state index contributed by atoms with van der Waals surface area (Å²) in [6, 6.07) is 28.9. The molecule has 2 aliphatic rings. The summed E-state index contributed by atoms with van der Waals surface area (Å²) in [6.45, 7) is 3.34. The molecule has 3 aromatic carbocycles. The Morgan fingerprint density at radius 3 is 2.47 bits per heavy atom. The molecule has 0 spiro atoms. The minimum atomic E-state index is -0.0546. The third-order valence-corrected chi connectivity index (χ3v) is 8.99. The van der Waals surface area contributed by atoms with Gasteiger partial charge in [0, 0.05) is 30.3 Å². The van der Waals surface area contributed by atoms with Gasteiger partial charge in [-0.05, 0) is 61.8 Å². The number of nitrogens with zero attached hydrogens (tertiary/aromatic N) is 1. The summed E-state index contributed by atoms with van der Waals surface area (Å²) in [5, 5.41) is 3.48. The average Bonchev–Trinajstić information content (AvgIpc) is 2.94. The maximum atomic E-state index is 13.8. The van der Waals surface area contributed by atoms with Crippen molar-refractivity contribution in [1.82, 2.24) is 10.2 Å². The highest BCUT2D eigenvalue weighted by Crippen LogP contribution is 2.44. The van der Waals surface area contributed by atoms with Crippen molar-refractivity contribution in [2.24, 2.45) is 5.92 Å². The van der Waals surface area contributed by atoms with E-state index in [2.05, 4.69) is 60.8 Å². The number of carbonyl (C=O) groups excluding carboxylic acids is 2. The molecule has 196 valence electrons. The van der Waals surface area contributed by atoms with E-state index in [1.807, 2.05) is 47.4 Å². The van der Waals surface area contributed by atoms with Gasteiger partial charge in [0.25, 0.3) is 5.91 Å². The topological polar surface area (TPSA) is 49.4 Å². The van der Waals surface area contributed by atoms with Gasteiger partial charge in [0.2, 0.25) is 5.91 Å². The highest BCUT2D eigenvalue weighted by Gasteiger charge is 2.44. The maximum Gasteiger partial charge on any atom is 0.260 e. The number of amides is 2. The Labute approximate surface area is 230 Å².